The Kier molecular flexibility index (Phi) is 5.44. The largest absolute Gasteiger partial charge is 0.457 e. The lowest BCUT2D eigenvalue weighted by atomic mass is 10.2. The Bertz CT molecular complexity index is 956. The highest BCUT2D eigenvalue weighted by Gasteiger charge is 2.13. The van der Waals surface area contributed by atoms with Crippen LogP contribution < -0.4 is 14.6 Å². The van der Waals surface area contributed by atoms with Crippen molar-refractivity contribution < 1.29 is 9.94 Å². The monoisotopic (exact) mass is 388 g/mol. The number of hydrogen-bond donors (Lipinski definition) is 1. The lowest BCUT2D eigenvalue weighted by molar-refractivity contribution is 0.175. The molecule has 1 heterocycles. The zero-order valence-electron chi connectivity index (χ0n) is 14.2. The number of aromatic nitrogens is 1. The van der Waals surface area contributed by atoms with E-state index in [0.29, 0.717) is 26.9 Å². The molecule has 1 aromatic heterocycles. The Hall–Kier alpha value is -2.57. The molecule has 0 aliphatic carbocycles. The second-order valence-corrected chi connectivity index (χ2v) is 7.25. The van der Waals surface area contributed by atoms with Crippen LogP contribution in [0.15, 0.2) is 70.5 Å². The molecule has 5 nitrogen and oxygen atoms in total. The molecule has 3 rings (SSSR count). The maximum absolute atomic E-state index is 12.1. The summed E-state index contributed by atoms with van der Waals surface area (Å²) in [6, 6.07) is 16.4. The Morgan fingerprint density at radius 3 is 2.23 bits per heavy atom. The molecule has 0 amide bonds. The van der Waals surface area contributed by atoms with Gasteiger partial charge in [-0.25, -0.2) is 0 Å². The lowest BCUT2D eigenvalue weighted by Gasteiger charge is -2.19. The molecule has 2 aromatic carbocycles. The van der Waals surface area contributed by atoms with Crippen molar-refractivity contribution in [2.24, 2.45) is 0 Å². The van der Waals surface area contributed by atoms with Crippen LogP contribution >= 0.6 is 23.5 Å². The van der Waals surface area contributed by atoms with Crippen molar-refractivity contribution in [3.63, 3.8) is 0 Å². The average molecular weight is 389 g/mol. The van der Waals surface area contributed by atoms with Crippen LogP contribution in [0.5, 0.6) is 11.5 Å². The van der Waals surface area contributed by atoms with Gasteiger partial charge in [0.15, 0.2) is 0 Å². The topological polar surface area (TPSA) is 54.7 Å². The van der Waals surface area contributed by atoms with E-state index in [9.17, 15) is 10.0 Å². The molecular formula is C19H17ClN2O3S. The van der Waals surface area contributed by atoms with E-state index in [1.54, 1.807) is 41.7 Å². The molecule has 3 aromatic rings. The van der Waals surface area contributed by atoms with E-state index < -0.39 is 5.56 Å². The van der Waals surface area contributed by atoms with Crippen molar-refractivity contribution in [2.75, 3.05) is 11.4 Å². The van der Waals surface area contributed by atoms with Crippen LogP contribution in [-0.2, 0) is 0 Å². The fourth-order valence-corrected chi connectivity index (χ4v) is 3.41. The summed E-state index contributed by atoms with van der Waals surface area (Å²) in [5.74, 6) is 1.41. The highest BCUT2D eigenvalue weighted by Crippen LogP contribution is 2.30. The molecule has 0 aliphatic rings. The fraction of sp³-hybridized carbons (Fsp3) is 0.105. The molecule has 26 heavy (non-hydrogen) atoms. The van der Waals surface area contributed by atoms with Crippen LogP contribution in [0.25, 0.3) is 0 Å². The minimum Gasteiger partial charge on any atom is -0.457 e. The minimum atomic E-state index is -0.456. The summed E-state index contributed by atoms with van der Waals surface area (Å²) >= 11 is 7.25. The van der Waals surface area contributed by atoms with Gasteiger partial charge >= 0.3 is 5.56 Å². The van der Waals surface area contributed by atoms with Crippen molar-refractivity contribution in [1.29, 1.82) is 0 Å². The Morgan fingerprint density at radius 2 is 1.62 bits per heavy atom. The molecule has 134 valence electrons. The summed E-state index contributed by atoms with van der Waals surface area (Å²) in [5, 5.41) is 10.2. The maximum Gasteiger partial charge on any atom is 0.307 e. The molecule has 0 unspecified atom stereocenters. The number of ether oxygens (including phenoxy) is 1. The molecule has 0 aliphatic heterocycles. The third-order valence-electron chi connectivity index (χ3n) is 3.68. The van der Waals surface area contributed by atoms with E-state index in [-0.39, 0.29) is 0 Å². The van der Waals surface area contributed by atoms with Gasteiger partial charge in [-0.1, -0.05) is 11.6 Å². The van der Waals surface area contributed by atoms with Gasteiger partial charge in [0.25, 0.3) is 0 Å². The predicted octanol–water partition coefficient (Wildman–Crippen LogP) is 4.98. The Balaban J connectivity index is 1.72. The van der Waals surface area contributed by atoms with E-state index in [1.807, 2.05) is 31.2 Å². The first-order valence-electron chi connectivity index (χ1n) is 7.81. The molecule has 7 heteroatoms. The zero-order valence-corrected chi connectivity index (χ0v) is 15.8. The molecular weight excluding hydrogens is 372 g/mol. The zero-order chi connectivity index (χ0) is 18.7. The third kappa shape index (κ3) is 4.15. The van der Waals surface area contributed by atoms with Crippen LogP contribution in [0.3, 0.4) is 0 Å². The van der Waals surface area contributed by atoms with Crippen molar-refractivity contribution in [2.45, 2.75) is 11.8 Å². The van der Waals surface area contributed by atoms with Crippen molar-refractivity contribution >= 4 is 29.2 Å². The summed E-state index contributed by atoms with van der Waals surface area (Å²) in [5.41, 5.74) is 0.766. The van der Waals surface area contributed by atoms with E-state index in [4.69, 9.17) is 16.3 Å². The molecule has 0 saturated heterocycles. The Morgan fingerprint density at radius 1 is 1.04 bits per heavy atom. The number of benzene rings is 2. The summed E-state index contributed by atoms with van der Waals surface area (Å²) < 4.78 is 8.09. The standard InChI is InChI=1S/C19H17ClN2O3S/c1-13-11-12-22(24)19(23)18(13)21(2)26-17-9-7-16(8-10-17)25-15-5-3-14(20)4-6-15/h3-12,24H,1-2H3. The second kappa shape index (κ2) is 7.76. The SMILES string of the molecule is Cc1ccn(O)c(=O)c1N(C)Sc1ccc(Oc2ccc(Cl)cc2)cc1. The van der Waals surface area contributed by atoms with Crippen LogP contribution in [0.2, 0.25) is 5.02 Å². The van der Waals surface area contributed by atoms with Gasteiger partial charge in [-0.15, -0.1) is 0 Å². The molecule has 0 bridgehead atoms. The van der Waals surface area contributed by atoms with Crippen LogP contribution in [0.1, 0.15) is 5.56 Å². The molecule has 1 N–H and O–H groups in total. The molecule has 0 radical (unpaired) electrons. The first kappa shape index (κ1) is 18.2. The highest BCUT2D eigenvalue weighted by atomic mass is 35.5. The molecule has 0 saturated carbocycles. The van der Waals surface area contributed by atoms with E-state index >= 15 is 0 Å². The summed E-state index contributed by atoms with van der Waals surface area (Å²) in [7, 11) is 1.78. The molecule has 0 atom stereocenters. The van der Waals surface area contributed by atoms with Crippen LogP contribution in [0, 0.1) is 6.92 Å². The van der Waals surface area contributed by atoms with Gasteiger partial charge in [0.2, 0.25) is 0 Å². The summed E-state index contributed by atoms with van der Waals surface area (Å²) in [4.78, 5) is 13.1. The summed E-state index contributed by atoms with van der Waals surface area (Å²) in [6.45, 7) is 1.83. The van der Waals surface area contributed by atoms with E-state index in [1.165, 1.54) is 18.1 Å². The predicted molar refractivity (Wildman–Crippen MR) is 105 cm³/mol. The first-order valence-corrected chi connectivity index (χ1v) is 8.96. The van der Waals surface area contributed by atoms with Gasteiger partial charge in [-0.05, 0) is 79.0 Å². The van der Waals surface area contributed by atoms with Gasteiger partial charge < -0.3 is 14.2 Å². The average Bonchev–Trinajstić information content (AvgIpc) is 2.62. The first-order chi connectivity index (χ1) is 12.4. The fourth-order valence-electron chi connectivity index (χ4n) is 2.40. The quantitative estimate of drug-likeness (QED) is 0.493. The molecule has 0 fully saturated rings. The van der Waals surface area contributed by atoms with E-state index in [0.717, 1.165) is 10.5 Å². The van der Waals surface area contributed by atoms with Crippen molar-refractivity contribution in [3.05, 3.63) is 81.7 Å². The number of halogens is 1. The second-order valence-electron chi connectivity index (χ2n) is 5.61. The van der Waals surface area contributed by atoms with Gasteiger partial charge in [-0.2, -0.15) is 4.73 Å². The third-order valence-corrected chi connectivity index (χ3v) is 4.87. The van der Waals surface area contributed by atoms with Gasteiger partial charge in [0.05, 0.1) is 0 Å². The number of pyridine rings is 1. The highest BCUT2D eigenvalue weighted by molar-refractivity contribution is 8.00. The maximum atomic E-state index is 12.1. The van der Waals surface area contributed by atoms with Crippen LogP contribution in [-0.4, -0.2) is 17.0 Å². The van der Waals surface area contributed by atoms with Gasteiger partial charge in [-0.3, -0.25) is 4.79 Å². The number of nitrogens with zero attached hydrogens (tertiary/aromatic N) is 2. The minimum absolute atomic E-state index is 0.432. The van der Waals surface area contributed by atoms with Gasteiger partial charge in [0.1, 0.15) is 17.2 Å². The van der Waals surface area contributed by atoms with Crippen LogP contribution in [0.4, 0.5) is 5.69 Å². The Labute approximate surface area is 160 Å². The van der Waals surface area contributed by atoms with Crippen molar-refractivity contribution in [3.8, 4) is 11.5 Å². The van der Waals surface area contributed by atoms with Crippen molar-refractivity contribution in [1.82, 2.24) is 4.73 Å². The molecule has 0 spiro atoms. The number of anilines is 1. The number of rotatable bonds is 5. The lowest BCUT2D eigenvalue weighted by Crippen LogP contribution is -2.25. The van der Waals surface area contributed by atoms with Gasteiger partial charge in [0, 0.05) is 23.2 Å². The smallest absolute Gasteiger partial charge is 0.307 e. The van der Waals surface area contributed by atoms with E-state index in [2.05, 4.69) is 0 Å². The number of aryl methyl sites for hydroxylation is 1. The normalized spacial score (nSPS) is 10.6. The summed E-state index contributed by atoms with van der Waals surface area (Å²) in [6.07, 6.45) is 1.34. The number of hydrogen-bond acceptors (Lipinski definition) is 5.